The van der Waals surface area contributed by atoms with E-state index in [4.69, 9.17) is 11.6 Å². The fraction of sp³-hybridized carbons (Fsp3) is 0. The summed E-state index contributed by atoms with van der Waals surface area (Å²) in [6.07, 6.45) is 0. The number of nitrogens with one attached hydrogen (secondary N) is 2. The summed E-state index contributed by atoms with van der Waals surface area (Å²) in [5.74, 6) is 5.43. The molecular formula is C24H25N5O3S. The Morgan fingerprint density at radius 2 is 1.55 bits per heavy atom. The molecule has 0 unspecified atom stereocenters. The van der Waals surface area contributed by atoms with Gasteiger partial charge < -0.3 is 16.5 Å². The molecular weight excluding hydrogens is 438 g/mol. The molecule has 0 aliphatic carbocycles. The maximum absolute atomic E-state index is 12.8. The molecule has 9 heteroatoms. The molecule has 8 nitrogen and oxygen atoms in total. The van der Waals surface area contributed by atoms with Crippen molar-refractivity contribution in [1.82, 2.24) is 4.98 Å². The van der Waals surface area contributed by atoms with Crippen LogP contribution in [-0.4, -0.2) is 19.3 Å². The molecule has 4 aromatic rings. The van der Waals surface area contributed by atoms with Crippen LogP contribution >= 0.6 is 0 Å². The predicted octanol–water partition coefficient (Wildman–Crippen LogP) is 4.19. The molecule has 0 bridgehead atoms. The van der Waals surface area contributed by atoms with Gasteiger partial charge in [0, 0.05) is 19.7 Å². The van der Waals surface area contributed by atoms with Gasteiger partial charge in [-0.25, -0.2) is 19.2 Å². The second-order valence-electron chi connectivity index (χ2n) is 7.15. The van der Waals surface area contributed by atoms with Crippen molar-refractivity contribution in [3.63, 3.8) is 0 Å². The van der Waals surface area contributed by atoms with Crippen molar-refractivity contribution in [3.8, 4) is 11.3 Å². The maximum Gasteiger partial charge on any atom is 0.255 e. The molecule has 6 N–H and O–H groups in total. The van der Waals surface area contributed by atoms with Crippen LogP contribution in [0.4, 0.5) is 17.2 Å². The van der Waals surface area contributed by atoms with Gasteiger partial charge in [0.2, 0.25) is 9.84 Å². The Bertz CT molecular complexity index is 1420. The van der Waals surface area contributed by atoms with E-state index in [2.05, 4.69) is 15.7 Å². The summed E-state index contributed by atoms with van der Waals surface area (Å²) in [5, 5.41) is 2.78. The van der Waals surface area contributed by atoms with E-state index in [9.17, 15) is 13.2 Å². The van der Waals surface area contributed by atoms with E-state index >= 15 is 0 Å². The highest BCUT2D eigenvalue weighted by molar-refractivity contribution is 7.91. The Kier molecular flexibility index (Phi) is 6.07. The number of pyridine rings is 1. The number of hydrogen-bond donors (Lipinski definition) is 4. The molecule has 33 heavy (non-hydrogen) atoms. The molecule has 0 aliphatic rings. The highest BCUT2D eigenvalue weighted by Gasteiger charge is 2.17. The Morgan fingerprint density at radius 1 is 0.848 bits per heavy atom. The zero-order valence-corrected chi connectivity index (χ0v) is 18.2. The van der Waals surface area contributed by atoms with Crippen molar-refractivity contribution >= 4 is 32.9 Å². The summed E-state index contributed by atoms with van der Waals surface area (Å²) in [6, 6.07) is 24.6. The van der Waals surface area contributed by atoms with E-state index in [1.54, 1.807) is 72.8 Å². The van der Waals surface area contributed by atoms with Crippen molar-refractivity contribution in [2.45, 2.75) is 9.79 Å². The van der Waals surface area contributed by atoms with Gasteiger partial charge in [-0.2, -0.15) is 0 Å². The third kappa shape index (κ3) is 4.69. The van der Waals surface area contributed by atoms with E-state index in [0.717, 1.165) is 0 Å². The largest absolute Gasteiger partial charge is 0.396 e. The lowest BCUT2D eigenvalue weighted by molar-refractivity contribution is 0.102. The van der Waals surface area contributed by atoms with Gasteiger partial charge >= 0.3 is 0 Å². The van der Waals surface area contributed by atoms with Crippen molar-refractivity contribution in [3.05, 3.63) is 96.6 Å². The molecule has 0 fully saturated rings. The van der Waals surface area contributed by atoms with Crippen LogP contribution in [0.1, 0.15) is 13.2 Å². The zero-order valence-electron chi connectivity index (χ0n) is 17.4. The molecule has 0 atom stereocenters. The number of carbonyl (C=O) groups is 1. The van der Waals surface area contributed by atoms with Crippen LogP contribution in [0.25, 0.3) is 11.3 Å². The predicted molar refractivity (Wildman–Crippen MR) is 132 cm³/mol. The topological polar surface area (TPSA) is 140 Å². The standard InChI is InChI=1S/C24H21N5O3S.2H2/c25-21-13-14-22(28-23(21)29-26)16-5-4-6-17(15-16)24(30)27-18-9-11-20(12-10-18)33(31,32)19-7-2-1-3-8-19;;/h1-15H,25-26H2,(H,27,30)(H,28,29);2*1H. The molecule has 1 amide bonds. The highest BCUT2D eigenvalue weighted by Crippen LogP contribution is 2.25. The summed E-state index contributed by atoms with van der Waals surface area (Å²) in [6.45, 7) is 0. The van der Waals surface area contributed by atoms with Crippen LogP contribution < -0.4 is 22.3 Å². The molecule has 0 aliphatic heterocycles. The number of aromatic nitrogens is 1. The number of sulfone groups is 1. The lowest BCUT2D eigenvalue weighted by Crippen LogP contribution is -2.12. The minimum atomic E-state index is -3.62. The zero-order chi connectivity index (χ0) is 23.4. The number of nitrogen functional groups attached to an aromatic ring is 2. The average molecular weight is 464 g/mol. The van der Waals surface area contributed by atoms with Crippen LogP contribution in [0.5, 0.6) is 0 Å². The Balaban J connectivity index is 0.00000216. The second-order valence-corrected chi connectivity index (χ2v) is 9.10. The SMILES string of the molecule is NNc1nc(-c2cccc(C(=O)Nc3ccc(S(=O)(=O)c4ccccc4)cc3)c2)ccc1N.[HH].[HH]. The highest BCUT2D eigenvalue weighted by atomic mass is 32.2. The summed E-state index contributed by atoms with van der Waals surface area (Å²) < 4.78 is 25.4. The number of amides is 1. The number of nitrogens with two attached hydrogens (primary N) is 2. The smallest absolute Gasteiger partial charge is 0.255 e. The molecule has 1 heterocycles. The third-order valence-electron chi connectivity index (χ3n) is 4.96. The molecule has 3 aromatic carbocycles. The first-order chi connectivity index (χ1) is 15.9. The monoisotopic (exact) mass is 463 g/mol. The van der Waals surface area contributed by atoms with Crippen LogP contribution in [0, 0.1) is 0 Å². The third-order valence-corrected chi connectivity index (χ3v) is 6.75. The quantitative estimate of drug-likeness (QED) is 0.248. The van der Waals surface area contributed by atoms with Gasteiger partial charge in [-0.05, 0) is 60.7 Å². The van der Waals surface area contributed by atoms with E-state index in [0.29, 0.717) is 34.0 Å². The minimum absolute atomic E-state index is 0. The molecule has 0 saturated heterocycles. The van der Waals surface area contributed by atoms with Crippen molar-refractivity contribution in [2.75, 3.05) is 16.5 Å². The van der Waals surface area contributed by atoms with Gasteiger partial charge in [0.05, 0.1) is 21.2 Å². The van der Waals surface area contributed by atoms with Gasteiger partial charge in [0.1, 0.15) is 0 Å². The van der Waals surface area contributed by atoms with E-state index in [1.165, 1.54) is 12.1 Å². The summed E-state index contributed by atoms with van der Waals surface area (Å²) >= 11 is 0. The molecule has 1 aromatic heterocycles. The molecule has 0 spiro atoms. The fourth-order valence-corrected chi connectivity index (χ4v) is 4.50. The van der Waals surface area contributed by atoms with Crippen LogP contribution in [0.2, 0.25) is 0 Å². The van der Waals surface area contributed by atoms with Crippen LogP contribution in [0.3, 0.4) is 0 Å². The maximum atomic E-state index is 12.8. The van der Waals surface area contributed by atoms with E-state index in [-0.39, 0.29) is 18.6 Å². The summed E-state index contributed by atoms with van der Waals surface area (Å²) in [7, 11) is -3.62. The lowest BCUT2D eigenvalue weighted by atomic mass is 10.1. The van der Waals surface area contributed by atoms with E-state index in [1.807, 2.05) is 6.07 Å². The normalized spacial score (nSPS) is 11.1. The number of benzene rings is 3. The van der Waals surface area contributed by atoms with Gasteiger partial charge in [0.25, 0.3) is 5.91 Å². The Labute approximate surface area is 194 Å². The number of carbonyl (C=O) groups excluding carboxylic acids is 1. The summed E-state index contributed by atoms with van der Waals surface area (Å²) in [4.78, 5) is 17.5. The van der Waals surface area contributed by atoms with Gasteiger partial charge in [0.15, 0.2) is 5.82 Å². The van der Waals surface area contributed by atoms with Crippen LogP contribution in [0.15, 0.2) is 101 Å². The number of hydrogen-bond acceptors (Lipinski definition) is 7. The first-order valence-corrected chi connectivity index (χ1v) is 11.4. The number of nitrogens with zero attached hydrogens (tertiary/aromatic N) is 1. The first-order valence-electron chi connectivity index (χ1n) is 9.93. The van der Waals surface area contributed by atoms with Crippen LogP contribution in [-0.2, 0) is 9.84 Å². The molecule has 170 valence electrons. The van der Waals surface area contributed by atoms with Gasteiger partial charge in [-0.3, -0.25) is 4.79 Å². The first kappa shape index (κ1) is 22.0. The molecule has 0 radical (unpaired) electrons. The lowest BCUT2D eigenvalue weighted by Gasteiger charge is -2.10. The van der Waals surface area contributed by atoms with Gasteiger partial charge in [-0.15, -0.1) is 0 Å². The Hall–Kier alpha value is -4.21. The average Bonchev–Trinajstić information content (AvgIpc) is 2.85. The number of rotatable bonds is 6. The summed E-state index contributed by atoms with van der Waals surface area (Å²) in [5.41, 5.74) is 10.9. The number of hydrazine groups is 1. The molecule has 4 rings (SSSR count). The molecule has 0 saturated carbocycles. The van der Waals surface area contributed by atoms with Gasteiger partial charge in [-0.1, -0.05) is 30.3 Å². The Morgan fingerprint density at radius 3 is 2.24 bits per heavy atom. The van der Waals surface area contributed by atoms with Crippen molar-refractivity contribution in [1.29, 1.82) is 0 Å². The second kappa shape index (κ2) is 9.11. The minimum Gasteiger partial charge on any atom is -0.396 e. The number of anilines is 3. The van der Waals surface area contributed by atoms with Crippen molar-refractivity contribution < 1.29 is 16.1 Å². The van der Waals surface area contributed by atoms with E-state index < -0.39 is 9.84 Å². The van der Waals surface area contributed by atoms with Crippen molar-refractivity contribution in [2.24, 2.45) is 5.84 Å². The fourth-order valence-electron chi connectivity index (χ4n) is 3.22.